The van der Waals surface area contributed by atoms with Crippen molar-refractivity contribution >= 4 is 45.6 Å². The molecule has 0 bridgehead atoms. The van der Waals surface area contributed by atoms with E-state index in [1.54, 1.807) is 24.4 Å². The number of halogens is 2. The summed E-state index contributed by atoms with van der Waals surface area (Å²) in [7, 11) is -4.02. The molecule has 0 spiro atoms. The minimum atomic E-state index is -3.80. The second-order valence-electron chi connectivity index (χ2n) is 9.48. The van der Waals surface area contributed by atoms with Crippen molar-refractivity contribution < 1.29 is 27.7 Å². The van der Waals surface area contributed by atoms with E-state index in [1.807, 2.05) is 6.07 Å². The molecule has 13 heteroatoms. The molecule has 1 saturated carbocycles. The van der Waals surface area contributed by atoms with Crippen LogP contribution in [0.4, 0.5) is 4.39 Å². The minimum absolute atomic E-state index is 0.0395. The Kier molecular flexibility index (Phi) is 7.49. The first-order chi connectivity index (χ1) is 18.6. The van der Waals surface area contributed by atoms with Gasteiger partial charge in [-0.05, 0) is 71.8 Å². The predicted octanol–water partition coefficient (Wildman–Crippen LogP) is 2.33. The Hall–Kier alpha value is -3.29. The molecular formula is C26H25BClFN4O5S. The average Bonchev–Trinajstić information content (AvgIpc) is 3.67. The van der Waals surface area contributed by atoms with Gasteiger partial charge in [-0.2, -0.15) is 5.10 Å². The molecule has 1 amide bonds. The lowest BCUT2D eigenvalue weighted by Gasteiger charge is -2.13. The van der Waals surface area contributed by atoms with Crippen molar-refractivity contribution in [3.8, 4) is 11.3 Å². The maximum atomic E-state index is 13.5. The Labute approximate surface area is 229 Å². The van der Waals surface area contributed by atoms with Crippen LogP contribution in [-0.4, -0.2) is 48.2 Å². The molecule has 2 aromatic carbocycles. The standard InChI is InChI=1S/C26H25BClFN4O5S/c1-30-26(34)24-23-11-20(16-3-4-16)18(13-33(23)32-25(24)17-5-7-19(29)8-6-17)14-39(37,38)31-12-15-2-9-21(27(35)36)22(28)10-15/h2,5-11,13,16,31,35-36H,3-4,12,14H2,1H3,(H,30,34). The van der Waals surface area contributed by atoms with Gasteiger partial charge in [-0.3, -0.25) is 4.79 Å². The molecular weight excluding hydrogens is 546 g/mol. The van der Waals surface area contributed by atoms with Crippen LogP contribution in [0.3, 0.4) is 0 Å². The summed E-state index contributed by atoms with van der Waals surface area (Å²) in [6.07, 6.45) is 3.45. The second-order valence-corrected chi connectivity index (χ2v) is 11.7. The third-order valence-electron chi connectivity index (χ3n) is 6.66. The number of carbonyl (C=O) groups is 1. The molecule has 9 nitrogen and oxygen atoms in total. The smallest absolute Gasteiger partial charge is 0.423 e. The molecule has 2 aromatic heterocycles. The summed E-state index contributed by atoms with van der Waals surface area (Å²) in [6, 6.07) is 12.0. The van der Waals surface area contributed by atoms with Crippen LogP contribution in [-0.2, 0) is 22.3 Å². The van der Waals surface area contributed by atoms with Gasteiger partial charge >= 0.3 is 7.12 Å². The number of nitrogens with one attached hydrogen (secondary N) is 2. The molecule has 4 aromatic rings. The summed E-state index contributed by atoms with van der Waals surface area (Å²) in [6.45, 7) is -0.0395. The highest BCUT2D eigenvalue weighted by atomic mass is 35.5. The van der Waals surface area contributed by atoms with Gasteiger partial charge in [0.15, 0.2) is 0 Å². The fourth-order valence-corrected chi connectivity index (χ4v) is 5.98. The van der Waals surface area contributed by atoms with E-state index in [4.69, 9.17) is 11.6 Å². The number of hydrogen-bond donors (Lipinski definition) is 4. The van der Waals surface area contributed by atoms with Crippen molar-refractivity contribution in [2.24, 2.45) is 0 Å². The van der Waals surface area contributed by atoms with Gasteiger partial charge in [-0.1, -0.05) is 23.7 Å². The minimum Gasteiger partial charge on any atom is -0.423 e. The monoisotopic (exact) mass is 570 g/mol. The van der Waals surface area contributed by atoms with Crippen LogP contribution < -0.4 is 15.5 Å². The maximum absolute atomic E-state index is 13.5. The summed E-state index contributed by atoms with van der Waals surface area (Å²) in [5, 5.41) is 26.0. The number of pyridine rings is 1. The van der Waals surface area contributed by atoms with Crippen molar-refractivity contribution in [3.05, 3.63) is 87.8 Å². The Morgan fingerprint density at radius 1 is 1.18 bits per heavy atom. The lowest BCUT2D eigenvalue weighted by Crippen LogP contribution is -2.31. The predicted molar refractivity (Wildman–Crippen MR) is 147 cm³/mol. The lowest BCUT2D eigenvalue weighted by molar-refractivity contribution is 0.0965. The molecule has 0 unspecified atom stereocenters. The molecule has 1 aliphatic rings. The number of benzene rings is 2. The molecule has 39 heavy (non-hydrogen) atoms. The van der Waals surface area contributed by atoms with Crippen molar-refractivity contribution in [2.75, 3.05) is 7.05 Å². The van der Waals surface area contributed by atoms with Gasteiger partial charge in [-0.25, -0.2) is 22.0 Å². The fourth-order valence-electron chi connectivity index (χ4n) is 4.54. The number of fused-ring (bicyclic) bond motifs is 1. The third-order valence-corrected chi connectivity index (χ3v) is 8.26. The Balaban J connectivity index is 1.48. The SMILES string of the molecule is CNC(=O)c1c(-c2ccc(F)cc2)nn2cc(CS(=O)(=O)NCc3ccc(B(O)O)c(Cl)c3)c(C3CC3)cc12. The topological polar surface area (TPSA) is 133 Å². The highest BCUT2D eigenvalue weighted by molar-refractivity contribution is 7.88. The molecule has 4 N–H and O–H groups in total. The van der Waals surface area contributed by atoms with Gasteiger partial charge in [0.2, 0.25) is 10.0 Å². The highest BCUT2D eigenvalue weighted by Gasteiger charge is 2.30. The second kappa shape index (κ2) is 10.7. The number of nitrogens with zero attached hydrogens (tertiary/aromatic N) is 2. The van der Waals surface area contributed by atoms with E-state index in [2.05, 4.69) is 15.1 Å². The quantitative estimate of drug-likeness (QED) is 0.228. The summed E-state index contributed by atoms with van der Waals surface area (Å²) in [4.78, 5) is 12.9. The van der Waals surface area contributed by atoms with Gasteiger partial charge in [-0.15, -0.1) is 0 Å². The van der Waals surface area contributed by atoms with Gasteiger partial charge in [0, 0.05) is 35.8 Å². The van der Waals surface area contributed by atoms with E-state index in [-0.39, 0.29) is 34.6 Å². The van der Waals surface area contributed by atoms with Crippen LogP contribution in [0.1, 0.15) is 45.8 Å². The van der Waals surface area contributed by atoms with Crippen molar-refractivity contribution in [1.82, 2.24) is 19.7 Å². The number of rotatable bonds is 9. The third kappa shape index (κ3) is 5.85. The summed E-state index contributed by atoms with van der Waals surface area (Å²) < 4.78 is 43.8. The highest BCUT2D eigenvalue weighted by Crippen LogP contribution is 2.43. The van der Waals surface area contributed by atoms with Crippen molar-refractivity contribution in [1.29, 1.82) is 0 Å². The molecule has 5 rings (SSSR count). The first-order valence-electron chi connectivity index (χ1n) is 12.2. The largest absolute Gasteiger partial charge is 0.489 e. The lowest BCUT2D eigenvalue weighted by atomic mass is 9.80. The maximum Gasteiger partial charge on any atom is 0.489 e. The van der Waals surface area contributed by atoms with E-state index >= 15 is 0 Å². The fraction of sp³-hybridized carbons (Fsp3) is 0.231. The van der Waals surface area contributed by atoms with Crippen LogP contribution in [0.5, 0.6) is 0 Å². The average molecular weight is 571 g/mol. The molecule has 2 heterocycles. The van der Waals surface area contributed by atoms with Crippen LogP contribution in [0.2, 0.25) is 5.02 Å². The van der Waals surface area contributed by atoms with Crippen molar-refractivity contribution in [3.63, 3.8) is 0 Å². The molecule has 202 valence electrons. The zero-order chi connectivity index (χ0) is 27.9. The van der Waals surface area contributed by atoms with Crippen LogP contribution in [0.25, 0.3) is 16.8 Å². The van der Waals surface area contributed by atoms with Gasteiger partial charge in [0.25, 0.3) is 5.91 Å². The normalized spacial score (nSPS) is 13.6. The summed E-state index contributed by atoms with van der Waals surface area (Å²) in [5.41, 5.74) is 3.86. The number of carbonyl (C=O) groups excluding carboxylic acids is 1. The van der Waals surface area contributed by atoms with E-state index in [0.717, 1.165) is 18.4 Å². The molecule has 1 fully saturated rings. The number of amides is 1. The zero-order valence-electron chi connectivity index (χ0n) is 20.9. The Morgan fingerprint density at radius 3 is 2.51 bits per heavy atom. The van der Waals surface area contributed by atoms with Crippen LogP contribution in [0, 0.1) is 5.82 Å². The molecule has 0 radical (unpaired) electrons. The van der Waals surface area contributed by atoms with Gasteiger partial charge in [0.1, 0.15) is 11.5 Å². The molecule has 0 aliphatic heterocycles. The van der Waals surface area contributed by atoms with Crippen LogP contribution >= 0.6 is 11.6 Å². The van der Waals surface area contributed by atoms with E-state index in [1.165, 1.54) is 35.8 Å². The van der Waals surface area contributed by atoms with E-state index in [9.17, 15) is 27.7 Å². The first-order valence-corrected chi connectivity index (χ1v) is 14.2. The molecule has 0 atom stereocenters. The van der Waals surface area contributed by atoms with E-state index in [0.29, 0.717) is 33.5 Å². The first kappa shape index (κ1) is 27.3. The Morgan fingerprint density at radius 2 is 1.90 bits per heavy atom. The molecule has 0 saturated heterocycles. The zero-order valence-corrected chi connectivity index (χ0v) is 22.4. The summed E-state index contributed by atoms with van der Waals surface area (Å²) >= 11 is 6.07. The number of hydrogen-bond acceptors (Lipinski definition) is 6. The Bertz CT molecular complexity index is 1670. The van der Waals surface area contributed by atoms with Gasteiger partial charge in [0.05, 0.1) is 16.8 Å². The summed E-state index contributed by atoms with van der Waals surface area (Å²) in [5.74, 6) is -0.898. The van der Waals surface area contributed by atoms with E-state index < -0.39 is 23.0 Å². The van der Waals surface area contributed by atoms with Crippen LogP contribution in [0.15, 0.2) is 54.7 Å². The van der Waals surface area contributed by atoms with Gasteiger partial charge < -0.3 is 15.4 Å². The number of aromatic nitrogens is 2. The number of sulfonamides is 1. The molecule has 1 aliphatic carbocycles. The van der Waals surface area contributed by atoms with Crippen molar-refractivity contribution in [2.45, 2.75) is 31.1 Å².